The van der Waals surface area contributed by atoms with Crippen molar-refractivity contribution in [2.45, 2.75) is 71.1 Å². The molecule has 1 amide bonds. The molecule has 0 saturated carbocycles. The molecule has 0 radical (unpaired) electrons. The molecule has 1 aromatic heterocycles. The van der Waals surface area contributed by atoms with Crippen molar-refractivity contribution >= 4 is 11.9 Å². The summed E-state index contributed by atoms with van der Waals surface area (Å²) in [7, 11) is 1.65. The quantitative estimate of drug-likeness (QED) is 0.493. The zero-order chi connectivity index (χ0) is 18.2. The molecule has 9 heteroatoms. The molecule has 1 heterocycles. The van der Waals surface area contributed by atoms with E-state index in [1.54, 1.807) is 7.05 Å². The third-order valence-corrected chi connectivity index (χ3v) is 3.12. The second-order valence-corrected chi connectivity index (χ2v) is 6.71. The van der Waals surface area contributed by atoms with E-state index in [4.69, 9.17) is 10.5 Å². The Morgan fingerprint density at radius 3 is 2.58 bits per heavy atom. The Kier molecular flexibility index (Phi) is 7.76. The first-order valence-corrected chi connectivity index (χ1v) is 8.15. The highest BCUT2D eigenvalue weighted by molar-refractivity contribution is 5.81. The molecule has 3 N–H and O–H groups in total. The van der Waals surface area contributed by atoms with Crippen LogP contribution in [-0.2, 0) is 27.9 Å². The molecule has 9 nitrogen and oxygen atoms in total. The van der Waals surface area contributed by atoms with Gasteiger partial charge < -0.3 is 15.8 Å². The fourth-order valence-corrected chi connectivity index (χ4v) is 2.03. The largest absolute Gasteiger partial charge is 0.460 e. The molecule has 0 aliphatic rings. The maximum atomic E-state index is 11.9. The van der Waals surface area contributed by atoms with Gasteiger partial charge in [-0.15, -0.1) is 10.2 Å². The molecule has 1 rings (SSSR count). The number of nitrogens with zero attached hydrogens (tertiary/aromatic N) is 4. The number of nitrogens with one attached hydrogen (secondary N) is 1. The van der Waals surface area contributed by atoms with Crippen LogP contribution in [0.4, 0.5) is 0 Å². The summed E-state index contributed by atoms with van der Waals surface area (Å²) in [5.41, 5.74) is 5.40. The van der Waals surface area contributed by atoms with Gasteiger partial charge in [-0.1, -0.05) is 12.8 Å². The molecule has 0 unspecified atom stereocenters. The van der Waals surface area contributed by atoms with E-state index in [0.717, 1.165) is 19.3 Å². The van der Waals surface area contributed by atoms with Gasteiger partial charge in [0.2, 0.25) is 5.91 Å². The third kappa shape index (κ3) is 8.56. The average molecular weight is 340 g/mol. The number of unbranched alkanes of at least 4 members (excludes halogenated alkanes) is 2. The first-order chi connectivity index (χ1) is 11.2. The minimum atomic E-state index is -0.580. The summed E-state index contributed by atoms with van der Waals surface area (Å²) in [6.45, 7) is 5.75. The van der Waals surface area contributed by atoms with Crippen LogP contribution in [0.3, 0.4) is 0 Å². The first kappa shape index (κ1) is 20.0. The molecular weight excluding hydrogens is 312 g/mol. The van der Waals surface area contributed by atoms with Crippen molar-refractivity contribution in [3.05, 3.63) is 5.82 Å². The molecule has 136 valence electrons. The zero-order valence-corrected chi connectivity index (χ0v) is 14.9. The number of ether oxygens (including phenoxy) is 1. The Morgan fingerprint density at radius 1 is 1.29 bits per heavy atom. The second kappa shape index (κ2) is 9.31. The summed E-state index contributed by atoms with van der Waals surface area (Å²) in [6, 6.07) is -0.580. The molecule has 0 aliphatic heterocycles. The van der Waals surface area contributed by atoms with Gasteiger partial charge in [-0.05, 0) is 38.8 Å². The summed E-state index contributed by atoms with van der Waals surface area (Å²) in [4.78, 5) is 24.7. The highest BCUT2D eigenvalue weighted by Gasteiger charge is 2.16. The summed E-state index contributed by atoms with van der Waals surface area (Å²) >= 11 is 0. The SMILES string of the molecule is Cn1nnc(CNC(=O)[C@@H](N)CCCCCC(=O)OC(C)(C)C)n1. The molecule has 0 saturated heterocycles. The fraction of sp³-hybridized carbons (Fsp3) is 0.800. The number of hydrogen-bond donors (Lipinski definition) is 2. The van der Waals surface area contributed by atoms with Gasteiger partial charge in [0.25, 0.3) is 0 Å². The number of aryl methyl sites for hydroxylation is 1. The summed E-state index contributed by atoms with van der Waals surface area (Å²) in [5, 5.41) is 14.1. The molecule has 0 fully saturated rings. The molecule has 0 aromatic carbocycles. The highest BCUT2D eigenvalue weighted by atomic mass is 16.6. The van der Waals surface area contributed by atoms with Crippen LogP contribution in [0.15, 0.2) is 0 Å². The Bertz CT molecular complexity index is 538. The van der Waals surface area contributed by atoms with E-state index in [-0.39, 0.29) is 18.4 Å². The van der Waals surface area contributed by atoms with Gasteiger partial charge in [-0.2, -0.15) is 4.80 Å². The average Bonchev–Trinajstić information content (AvgIpc) is 2.88. The van der Waals surface area contributed by atoms with Crippen LogP contribution in [0, 0.1) is 0 Å². The van der Waals surface area contributed by atoms with Crippen LogP contribution < -0.4 is 11.1 Å². The van der Waals surface area contributed by atoms with E-state index in [1.165, 1.54) is 4.80 Å². The van der Waals surface area contributed by atoms with E-state index in [9.17, 15) is 9.59 Å². The maximum Gasteiger partial charge on any atom is 0.306 e. The predicted octanol–water partition coefficient (Wildman–Crippen LogP) is 0.446. The van der Waals surface area contributed by atoms with Crippen LogP contribution in [0.25, 0.3) is 0 Å². The number of carbonyl (C=O) groups is 2. The highest BCUT2D eigenvalue weighted by Crippen LogP contribution is 2.11. The van der Waals surface area contributed by atoms with E-state index < -0.39 is 11.6 Å². The Balaban J connectivity index is 2.11. The van der Waals surface area contributed by atoms with Gasteiger partial charge >= 0.3 is 5.97 Å². The van der Waals surface area contributed by atoms with Crippen LogP contribution in [0.2, 0.25) is 0 Å². The van der Waals surface area contributed by atoms with Crippen molar-refractivity contribution in [1.29, 1.82) is 0 Å². The van der Waals surface area contributed by atoms with Crippen LogP contribution >= 0.6 is 0 Å². The molecule has 0 spiro atoms. The monoisotopic (exact) mass is 340 g/mol. The van der Waals surface area contributed by atoms with E-state index in [0.29, 0.717) is 18.7 Å². The third-order valence-electron chi connectivity index (χ3n) is 3.12. The topological polar surface area (TPSA) is 125 Å². The van der Waals surface area contributed by atoms with Gasteiger partial charge in [0, 0.05) is 6.42 Å². The fourth-order valence-electron chi connectivity index (χ4n) is 2.03. The predicted molar refractivity (Wildman–Crippen MR) is 87.6 cm³/mol. The van der Waals surface area contributed by atoms with Crippen molar-refractivity contribution in [3.63, 3.8) is 0 Å². The molecule has 0 aliphatic carbocycles. The maximum absolute atomic E-state index is 11.9. The van der Waals surface area contributed by atoms with Gasteiger partial charge in [0.15, 0.2) is 5.82 Å². The zero-order valence-electron chi connectivity index (χ0n) is 14.9. The van der Waals surface area contributed by atoms with Crippen molar-refractivity contribution in [2.24, 2.45) is 12.8 Å². The summed E-state index contributed by atoms with van der Waals surface area (Å²) in [5.74, 6) is 0.00557. The second-order valence-electron chi connectivity index (χ2n) is 6.71. The lowest BCUT2D eigenvalue weighted by Gasteiger charge is -2.19. The van der Waals surface area contributed by atoms with Gasteiger partial charge in [0.05, 0.1) is 19.6 Å². The van der Waals surface area contributed by atoms with Crippen molar-refractivity contribution in [3.8, 4) is 0 Å². The lowest BCUT2D eigenvalue weighted by atomic mass is 10.1. The number of esters is 1. The van der Waals surface area contributed by atoms with E-state index >= 15 is 0 Å². The Hall–Kier alpha value is -2.03. The van der Waals surface area contributed by atoms with Crippen molar-refractivity contribution in [1.82, 2.24) is 25.5 Å². The van der Waals surface area contributed by atoms with Crippen molar-refractivity contribution in [2.75, 3.05) is 0 Å². The normalized spacial score (nSPS) is 12.7. The Morgan fingerprint density at radius 2 is 2.00 bits per heavy atom. The summed E-state index contributed by atoms with van der Waals surface area (Å²) < 4.78 is 5.23. The Labute approximate surface area is 142 Å². The standard InChI is InChI=1S/C15H28N6O3/c1-15(2,3)24-13(22)9-7-5-6-8-11(16)14(23)17-10-12-18-20-21(4)19-12/h11H,5-10,16H2,1-4H3,(H,17,23)/t11-/m0/s1. The lowest BCUT2D eigenvalue weighted by molar-refractivity contribution is -0.154. The van der Waals surface area contributed by atoms with E-state index in [2.05, 4.69) is 20.7 Å². The number of tetrazole rings is 1. The molecule has 0 bridgehead atoms. The number of aromatic nitrogens is 4. The van der Waals surface area contributed by atoms with E-state index in [1.807, 2.05) is 20.8 Å². The number of rotatable bonds is 9. The molecule has 1 atom stereocenters. The number of hydrogen-bond acceptors (Lipinski definition) is 7. The minimum absolute atomic E-state index is 0.194. The number of carbonyl (C=O) groups excluding carboxylic acids is 2. The van der Waals surface area contributed by atoms with Crippen molar-refractivity contribution < 1.29 is 14.3 Å². The number of amides is 1. The smallest absolute Gasteiger partial charge is 0.306 e. The van der Waals surface area contributed by atoms with Gasteiger partial charge in [0.1, 0.15) is 5.60 Å². The first-order valence-electron chi connectivity index (χ1n) is 8.15. The minimum Gasteiger partial charge on any atom is -0.460 e. The molecule has 1 aromatic rings. The van der Waals surface area contributed by atoms with Crippen LogP contribution in [-0.4, -0.2) is 43.7 Å². The lowest BCUT2D eigenvalue weighted by Crippen LogP contribution is -2.40. The van der Waals surface area contributed by atoms with Crippen LogP contribution in [0.1, 0.15) is 58.7 Å². The number of nitrogens with two attached hydrogens (primary N) is 1. The molecule has 24 heavy (non-hydrogen) atoms. The summed E-state index contributed by atoms with van der Waals surface area (Å²) in [6.07, 6.45) is 3.28. The van der Waals surface area contributed by atoms with Gasteiger partial charge in [-0.25, -0.2) is 0 Å². The van der Waals surface area contributed by atoms with Gasteiger partial charge in [-0.3, -0.25) is 9.59 Å². The van der Waals surface area contributed by atoms with Crippen LogP contribution in [0.5, 0.6) is 0 Å². The molecular formula is C15H28N6O3.